The summed E-state index contributed by atoms with van der Waals surface area (Å²) in [6, 6.07) is 0. The predicted octanol–water partition coefficient (Wildman–Crippen LogP) is 1.11. The highest BCUT2D eigenvalue weighted by atomic mass is 16.4. The second-order valence-corrected chi connectivity index (χ2v) is 3.19. The third kappa shape index (κ3) is 3.98. The fourth-order valence-corrected chi connectivity index (χ4v) is 0.855. The lowest BCUT2D eigenvalue weighted by atomic mass is 9.94. The Hall–Kier alpha value is -0.570. The normalized spacial score (nSPS) is 18.9. The highest BCUT2D eigenvalue weighted by Crippen LogP contribution is 2.14. The Morgan fingerprint density at radius 2 is 1.82 bits per heavy atom. The number of rotatable bonds is 4. The summed E-state index contributed by atoms with van der Waals surface area (Å²) in [7, 11) is 0. The molecule has 0 aromatic carbocycles. The average Bonchev–Trinajstić information content (AvgIpc) is 1.87. The van der Waals surface area contributed by atoms with E-state index in [4.69, 9.17) is 10.2 Å². The van der Waals surface area contributed by atoms with Crippen LogP contribution < -0.4 is 0 Å². The molecule has 0 aromatic heterocycles. The van der Waals surface area contributed by atoms with Crippen molar-refractivity contribution in [1.29, 1.82) is 0 Å². The summed E-state index contributed by atoms with van der Waals surface area (Å²) in [6.45, 7) is 5.19. The molecule has 0 unspecified atom stereocenters. The SMILES string of the molecule is C[C@H](C[C@@H](C)[C@@H](C)O)C(=O)O. The van der Waals surface area contributed by atoms with Crippen molar-refractivity contribution in [2.75, 3.05) is 0 Å². The van der Waals surface area contributed by atoms with Gasteiger partial charge in [-0.25, -0.2) is 0 Å². The van der Waals surface area contributed by atoms with Crippen LogP contribution in [0.4, 0.5) is 0 Å². The van der Waals surface area contributed by atoms with Crippen LogP contribution in [-0.2, 0) is 4.79 Å². The summed E-state index contributed by atoms with van der Waals surface area (Å²) in [6.07, 6.45) is 0.115. The molecule has 0 spiro atoms. The van der Waals surface area contributed by atoms with Crippen LogP contribution in [0.3, 0.4) is 0 Å². The molecule has 11 heavy (non-hydrogen) atoms. The van der Waals surface area contributed by atoms with Crippen LogP contribution in [0.5, 0.6) is 0 Å². The Balaban J connectivity index is 3.75. The average molecular weight is 160 g/mol. The lowest BCUT2D eigenvalue weighted by molar-refractivity contribution is -0.141. The van der Waals surface area contributed by atoms with Gasteiger partial charge in [-0.15, -0.1) is 0 Å². The van der Waals surface area contributed by atoms with Crippen molar-refractivity contribution in [2.24, 2.45) is 11.8 Å². The summed E-state index contributed by atoms with van der Waals surface area (Å²) in [5.41, 5.74) is 0. The van der Waals surface area contributed by atoms with E-state index in [0.717, 1.165) is 0 Å². The summed E-state index contributed by atoms with van der Waals surface area (Å²) in [5.74, 6) is -1.10. The molecule has 3 nitrogen and oxygen atoms in total. The number of hydrogen-bond donors (Lipinski definition) is 2. The maximum atomic E-state index is 10.4. The smallest absolute Gasteiger partial charge is 0.306 e. The van der Waals surface area contributed by atoms with E-state index in [1.807, 2.05) is 6.92 Å². The minimum Gasteiger partial charge on any atom is -0.481 e. The van der Waals surface area contributed by atoms with Crippen molar-refractivity contribution in [3.63, 3.8) is 0 Å². The third-order valence-electron chi connectivity index (χ3n) is 1.97. The zero-order chi connectivity index (χ0) is 9.02. The van der Waals surface area contributed by atoms with Gasteiger partial charge in [0.1, 0.15) is 0 Å². The Bertz CT molecular complexity index is 131. The van der Waals surface area contributed by atoms with E-state index in [-0.39, 0.29) is 11.8 Å². The van der Waals surface area contributed by atoms with Gasteiger partial charge in [0, 0.05) is 0 Å². The topological polar surface area (TPSA) is 57.5 Å². The molecule has 0 saturated carbocycles. The second kappa shape index (κ2) is 4.34. The predicted molar refractivity (Wildman–Crippen MR) is 42.3 cm³/mol. The minimum absolute atomic E-state index is 0.0566. The molecule has 0 amide bonds. The molecule has 0 bridgehead atoms. The first-order valence-corrected chi connectivity index (χ1v) is 3.86. The Morgan fingerprint density at radius 1 is 1.36 bits per heavy atom. The number of aliphatic hydroxyl groups excluding tert-OH is 1. The molecular weight excluding hydrogens is 144 g/mol. The van der Waals surface area contributed by atoms with E-state index in [9.17, 15) is 4.79 Å². The first-order chi connectivity index (χ1) is 4.95. The maximum Gasteiger partial charge on any atom is 0.306 e. The van der Waals surface area contributed by atoms with E-state index in [2.05, 4.69) is 0 Å². The molecule has 66 valence electrons. The van der Waals surface area contributed by atoms with Gasteiger partial charge in [0.2, 0.25) is 0 Å². The summed E-state index contributed by atoms with van der Waals surface area (Å²) >= 11 is 0. The van der Waals surface area contributed by atoms with E-state index >= 15 is 0 Å². The lowest BCUT2D eigenvalue weighted by Gasteiger charge is -2.16. The number of hydrogen-bond acceptors (Lipinski definition) is 2. The van der Waals surface area contributed by atoms with Crippen LogP contribution in [0.15, 0.2) is 0 Å². The molecule has 0 aromatic rings. The van der Waals surface area contributed by atoms with Gasteiger partial charge in [-0.05, 0) is 19.3 Å². The van der Waals surface area contributed by atoms with Crippen LogP contribution in [0.25, 0.3) is 0 Å². The number of carboxylic acids is 1. The molecule has 0 saturated heterocycles. The molecule has 0 radical (unpaired) electrons. The fourth-order valence-electron chi connectivity index (χ4n) is 0.855. The van der Waals surface area contributed by atoms with Crippen LogP contribution >= 0.6 is 0 Å². The standard InChI is InChI=1S/C8H16O3/c1-5(7(3)9)4-6(2)8(10)11/h5-7,9H,4H2,1-3H3,(H,10,11)/t5-,6-,7-/m1/s1. The van der Waals surface area contributed by atoms with Crippen molar-refractivity contribution >= 4 is 5.97 Å². The van der Waals surface area contributed by atoms with Crippen LogP contribution in [0.2, 0.25) is 0 Å². The summed E-state index contributed by atoms with van der Waals surface area (Å²) in [5, 5.41) is 17.6. The van der Waals surface area contributed by atoms with E-state index in [0.29, 0.717) is 6.42 Å². The second-order valence-electron chi connectivity index (χ2n) is 3.19. The molecule has 3 atom stereocenters. The van der Waals surface area contributed by atoms with Gasteiger partial charge in [-0.1, -0.05) is 13.8 Å². The van der Waals surface area contributed by atoms with E-state index in [1.165, 1.54) is 0 Å². The van der Waals surface area contributed by atoms with Crippen LogP contribution in [0, 0.1) is 11.8 Å². The Kier molecular flexibility index (Phi) is 4.11. The quantitative estimate of drug-likeness (QED) is 0.647. The Labute approximate surface area is 67.0 Å². The van der Waals surface area contributed by atoms with E-state index < -0.39 is 12.1 Å². The number of carboxylic acid groups (broad SMARTS) is 1. The molecule has 0 rings (SSSR count). The molecule has 2 N–H and O–H groups in total. The zero-order valence-electron chi connectivity index (χ0n) is 7.24. The van der Waals surface area contributed by atoms with Gasteiger partial charge in [0.15, 0.2) is 0 Å². The monoisotopic (exact) mass is 160 g/mol. The minimum atomic E-state index is -0.794. The third-order valence-corrected chi connectivity index (χ3v) is 1.97. The van der Waals surface area contributed by atoms with Crippen molar-refractivity contribution in [3.05, 3.63) is 0 Å². The van der Waals surface area contributed by atoms with Gasteiger partial charge in [0.25, 0.3) is 0 Å². The molecular formula is C8H16O3. The molecule has 3 heteroatoms. The fraction of sp³-hybridized carbons (Fsp3) is 0.875. The van der Waals surface area contributed by atoms with Gasteiger partial charge < -0.3 is 10.2 Å². The maximum absolute atomic E-state index is 10.4. The highest BCUT2D eigenvalue weighted by Gasteiger charge is 2.17. The van der Waals surface area contributed by atoms with Crippen molar-refractivity contribution in [1.82, 2.24) is 0 Å². The van der Waals surface area contributed by atoms with Crippen molar-refractivity contribution in [3.8, 4) is 0 Å². The molecule has 0 fully saturated rings. The van der Waals surface area contributed by atoms with Crippen molar-refractivity contribution in [2.45, 2.75) is 33.3 Å². The van der Waals surface area contributed by atoms with Gasteiger partial charge >= 0.3 is 5.97 Å². The highest BCUT2D eigenvalue weighted by molar-refractivity contribution is 5.69. The summed E-state index contributed by atoms with van der Waals surface area (Å²) < 4.78 is 0. The van der Waals surface area contributed by atoms with E-state index in [1.54, 1.807) is 13.8 Å². The zero-order valence-corrected chi connectivity index (χ0v) is 7.24. The molecule has 0 aliphatic heterocycles. The summed E-state index contributed by atoms with van der Waals surface area (Å²) in [4.78, 5) is 10.4. The molecule has 0 aliphatic carbocycles. The largest absolute Gasteiger partial charge is 0.481 e. The first-order valence-electron chi connectivity index (χ1n) is 3.86. The number of carbonyl (C=O) groups is 1. The van der Waals surface area contributed by atoms with Gasteiger partial charge in [0.05, 0.1) is 12.0 Å². The van der Waals surface area contributed by atoms with Gasteiger partial charge in [-0.3, -0.25) is 4.79 Å². The molecule has 0 aliphatic rings. The Morgan fingerprint density at radius 3 is 2.09 bits per heavy atom. The van der Waals surface area contributed by atoms with Crippen LogP contribution in [0.1, 0.15) is 27.2 Å². The lowest BCUT2D eigenvalue weighted by Crippen LogP contribution is -2.20. The molecule has 0 heterocycles. The van der Waals surface area contributed by atoms with Crippen molar-refractivity contribution < 1.29 is 15.0 Å². The first kappa shape index (κ1) is 10.4. The number of aliphatic carboxylic acids is 1. The number of aliphatic hydroxyl groups is 1. The van der Waals surface area contributed by atoms with Gasteiger partial charge in [-0.2, -0.15) is 0 Å². The van der Waals surface area contributed by atoms with Crippen LogP contribution in [-0.4, -0.2) is 22.3 Å².